The minimum Gasteiger partial charge on any atom is -0.352 e. The van der Waals surface area contributed by atoms with Crippen molar-refractivity contribution in [1.82, 2.24) is 20.3 Å². The number of para-hydroxylation sites is 1. The van der Waals surface area contributed by atoms with Crippen molar-refractivity contribution < 1.29 is 14.8 Å². The number of pyridine rings is 1. The Kier molecular flexibility index (Phi) is 5.45. The third-order valence-electron chi connectivity index (χ3n) is 5.07. The molecule has 30 heavy (non-hydrogen) atoms. The van der Waals surface area contributed by atoms with Crippen LogP contribution in [0.4, 0.5) is 0 Å². The zero-order chi connectivity index (χ0) is 21.1. The quantitative estimate of drug-likeness (QED) is 0.341. The smallest absolute Gasteiger partial charge is 0.251 e. The lowest BCUT2D eigenvalue weighted by Crippen LogP contribution is -2.29. The molecular formula is C23H22N4O3. The number of carbonyl (C=O) groups is 2. The number of nitrogens with one attached hydrogen (secondary N) is 2. The Labute approximate surface area is 173 Å². The third-order valence-corrected chi connectivity index (χ3v) is 5.07. The molecule has 0 fully saturated rings. The molecule has 0 radical (unpaired) electrons. The summed E-state index contributed by atoms with van der Waals surface area (Å²) < 4.78 is 2.16. The Bertz CT molecular complexity index is 1250. The molecule has 2 aromatic heterocycles. The lowest BCUT2D eigenvalue weighted by molar-refractivity contribution is -0.129. The summed E-state index contributed by atoms with van der Waals surface area (Å²) in [6.45, 7) is 2.85. The molecule has 4 rings (SSSR count). The molecule has 7 nitrogen and oxygen atoms in total. The van der Waals surface area contributed by atoms with Crippen LogP contribution in [0.15, 0.2) is 60.8 Å². The van der Waals surface area contributed by atoms with Crippen molar-refractivity contribution >= 4 is 33.6 Å². The molecule has 0 saturated heterocycles. The molecule has 7 heteroatoms. The molecule has 0 bridgehead atoms. The molecule has 2 aromatic carbocycles. The van der Waals surface area contributed by atoms with E-state index < -0.39 is 5.91 Å². The fourth-order valence-electron chi connectivity index (χ4n) is 3.64. The van der Waals surface area contributed by atoms with Gasteiger partial charge in [-0.1, -0.05) is 18.2 Å². The number of carbonyl (C=O) groups excluding carboxylic acids is 2. The first-order valence-corrected chi connectivity index (χ1v) is 9.70. The van der Waals surface area contributed by atoms with E-state index in [2.05, 4.69) is 27.0 Å². The normalized spacial score (nSPS) is 11.0. The van der Waals surface area contributed by atoms with Crippen molar-refractivity contribution in [2.24, 2.45) is 0 Å². The summed E-state index contributed by atoms with van der Waals surface area (Å²) in [4.78, 5) is 28.0. The number of hydrogen-bond donors (Lipinski definition) is 3. The minimum absolute atomic E-state index is 0.0141. The summed E-state index contributed by atoms with van der Waals surface area (Å²) in [7, 11) is 0. The van der Waals surface area contributed by atoms with Crippen LogP contribution < -0.4 is 10.8 Å². The number of hydroxylamine groups is 1. The van der Waals surface area contributed by atoms with E-state index in [1.54, 1.807) is 11.5 Å². The molecule has 0 saturated carbocycles. The molecular weight excluding hydrogens is 380 g/mol. The van der Waals surface area contributed by atoms with E-state index in [9.17, 15) is 9.59 Å². The van der Waals surface area contributed by atoms with Gasteiger partial charge in [0.2, 0.25) is 5.91 Å². The van der Waals surface area contributed by atoms with Gasteiger partial charge in [-0.15, -0.1) is 0 Å². The third kappa shape index (κ3) is 4.01. The first-order chi connectivity index (χ1) is 14.5. The van der Waals surface area contributed by atoms with Crippen LogP contribution in [0.5, 0.6) is 0 Å². The van der Waals surface area contributed by atoms with Gasteiger partial charge in [0, 0.05) is 53.3 Å². The topological polar surface area (TPSA) is 96.2 Å². The van der Waals surface area contributed by atoms with Gasteiger partial charge in [0.25, 0.3) is 5.91 Å². The van der Waals surface area contributed by atoms with Crippen LogP contribution in [-0.4, -0.2) is 33.1 Å². The number of aryl methyl sites for hydroxylation is 1. The SMILES string of the molecule is Cc1cc(Cn2ccc3cc(C(=O)NCCC(=O)NO)ccc32)c2ccccc2n1. The van der Waals surface area contributed by atoms with Gasteiger partial charge < -0.3 is 9.88 Å². The van der Waals surface area contributed by atoms with Crippen molar-refractivity contribution in [2.45, 2.75) is 19.9 Å². The van der Waals surface area contributed by atoms with Crippen molar-refractivity contribution in [3.8, 4) is 0 Å². The van der Waals surface area contributed by atoms with Gasteiger partial charge in [0.1, 0.15) is 0 Å². The van der Waals surface area contributed by atoms with E-state index in [1.165, 1.54) is 5.56 Å². The standard InChI is InChI=1S/C23H22N4O3/c1-15-12-18(19-4-2-3-5-20(19)25-15)14-27-11-9-16-13-17(6-7-21(16)27)23(29)24-10-8-22(28)26-30/h2-7,9,11-13,30H,8,10,14H2,1H3,(H,24,29)(H,26,28). The number of hydrogen-bond acceptors (Lipinski definition) is 4. The maximum atomic E-state index is 12.3. The molecule has 0 aliphatic rings. The summed E-state index contributed by atoms with van der Waals surface area (Å²) >= 11 is 0. The lowest BCUT2D eigenvalue weighted by atomic mass is 10.1. The van der Waals surface area contributed by atoms with Crippen LogP contribution in [0.3, 0.4) is 0 Å². The van der Waals surface area contributed by atoms with Gasteiger partial charge >= 0.3 is 0 Å². The van der Waals surface area contributed by atoms with Gasteiger partial charge in [0.15, 0.2) is 0 Å². The number of benzene rings is 2. The van der Waals surface area contributed by atoms with Crippen LogP contribution in [0.1, 0.15) is 28.0 Å². The van der Waals surface area contributed by atoms with Gasteiger partial charge in [-0.25, -0.2) is 5.48 Å². The summed E-state index contributed by atoms with van der Waals surface area (Å²) in [5, 5.41) is 13.3. The fraction of sp³-hybridized carbons (Fsp3) is 0.174. The van der Waals surface area contributed by atoms with Crippen molar-refractivity contribution in [2.75, 3.05) is 6.54 Å². The van der Waals surface area contributed by atoms with E-state index in [0.717, 1.165) is 27.5 Å². The van der Waals surface area contributed by atoms with E-state index in [-0.39, 0.29) is 18.9 Å². The van der Waals surface area contributed by atoms with Crippen LogP contribution in [0.2, 0.25) is 0 Å². The predicted octanol–water partition coefficient (Wildman–Crippen LogP) is 3.17. The second kappa shape index (κ2) is 8.34. The van der Waals surface area contributed by atoms with Gasteiger partial charge in [0.05, 0.1) is 5.52 Å². The Balaban J connectivity index is 1.56. The molecule has 0 unspecified atom stereocenters. The van der Waals surface area contributed by atoms with Crippen molar-refractivity contribution in [3.05, 3.63) is 77.6 Å². The lowest BCUT2D eigenvalue weighted by Gasteiger charge is -2.11. The Morgan fingerprint density at radius 1 is 1.10 bits per heavy atom. The molecule has 2 amide bonds. The molecule has 0 aliphatic carbocycles. The Hall–Kier alpha value is -3.71. The van der Waals surface area contributed by atoms with E-state index in [4.69, 9.17) is 5.21 Å². The Morgan fingerprint density at radius 2 is 1.93 bits per heavy atom. The first kappa shape index (κ1) is 19.6. The summed E-state index contributed by atoms with van der Waals surface area (Å²) in [6.07, 6.45) is 2.03. The van der Waals surface area contributed by atoms with Crippen molar-refractivity contribution in [3.63, 3.8) is 0 Å². The second-order valence-electron chi connectivity index (χ2n) is 7.20. The van der Waals surface area contributed by atoms with Gasteiger partial charge in [-0.3, -0.25) is 19.8 Å². The highest BCUT2D eigenvalue weighted by Gasteiger charge is 2.11. The number of amides is 2. The highest BCUT2D eigenvalue weighted by molar-refractivity contribution is 5.98. The maximum absolute atomic E-state index is 12.3. The first-order valence-electron chi connectivity index (χ1n) is 9.70. The summed E-state index contributed by atoms with van der Waals surface area (Å²) in [5.41, 5.74) is 6.26. The summed E-state index contributed by atoms with van der Waals surface area (Å²) in [6, 6.07) is 17.8. The van der Waals surface area contributed by atoms with E-state index in [1.807, 2.05) is 49.5 Å². The highest BCUT2D eigenvalue weighted by atomic mass is 16.5. The number of rotatable bonds is 6. The average Bonchev–Trinajstić information content (AvgIpc) is 3.15. The predicted molar refractivity (Wildman–Crippen MR) is 114 cm³/mol. The number of aromatic nitrogens is 2. The monoisotopic (exact) mass is 402 g/mol. The largest absolute Gasteiger partial charge is 0.352 e. The van der Waals surface area contributed by atoms with Gasteiger partial charge in [-0.2, -0.15) is 0 Å². The van der Waals surface area contributed by atoms with E-state index >= 15 is 0 Å². The fourth-order valence-corrected chi connectivity index (χ4v) is 3.64. The van der Waals surface area contributed by atoms with E-state index in [0.29, 0.717) is 12.1 Å². The Morgan fingerprint density at radius 3 is 2.77 bits per heavy atom. The summed E-state index contributed by atoms with van der Waals surface area (Å²) in [5.74, 6) is -0.798. The molecule has 3 N–H and O–H groups in total. The second-order valence-corrected chi connectivity index (χ2v) is 7.20. The molecule has 152 valence electrons. The molecule has 0 atom stereocenters. The number of fused-ring (bicyclic) bond motifs is 2. The minimum atomic E-state index is -0.540. The molecule has 4 aromatic rings. The highest BCUT2D eigenvalue weighted by Crippen LogP contribution is 2.23. The van der Waals surface area contributed by atoms with Gasteiger partial charge in [-0.05, 0) is 48.9 Å². The zero-order valence-electron chi connectivity index (χ0n) is 16.6. The van der Waals surface area contributed by atoms with Crippen LogP contribution in [0, 0.1) is 6.92 Å². The van der Waals surface area contributed by atoms with Crippen LogP contribution in [0.25, 0.3) is 21.8 Å². The maximum Gasteiger partial charge on any atom is 0.251 e. The zero-order valence-corrected chi connectivity index (χ0v) is 16.6. The number of nitrogens with zero attached hydrogens (tertiary/aromatic N) is 2. The van der Waals surface area contributed by atoms with Crippen molar-refractivity contribution in [1.29, 1.82) is 0 Å². The molecule has 2 heterocycles. The van der Waals surface area contributed by atoms with Crippen LogP contribution in [-0.2, 0) is 11.3 Å². The molecule has 0 aliphatic heterocycles. The van der Waals surface area contributed by atoms with Crippen LogP contribution >= 0.6 is 0 Å². The average molecular weight is 402 g/mol. The molecule has 0 spiro atoms.